The predicted octanol–water partition coefficient (Wildman–Crippen LogP) is 5.24. The Hall–Kier alpha value is -1.77. The van der Waals surface area contributed by atoms with Gasteiger partial charge in [0.25, 0.3) is 5.91 Å². The minimum Gasteiger partial charge on any atom is -0.367 e. The van der Waals surface area contributed by atoms with Gasteiger partial charge >= 0.3 is 12.4 Å². The zero-order chi connectivity index (χ0) is 23.0. The molecule has 0 saturated carbocycles. The largest absolute Gasteiger partial charge is 0.416 e. The third-order valence-corrected chi connectivity index (χ3v) is 5.74. The highest BCUT2D eigenvalue weighted by Gasteiger charge is 2.37. The van der Waals surface area contributed by atoms with Crippen molar-refractivity contribution >= 4 is 46.1 Å². The van der Waals surface area contributed by atoms with Crippen LogP contribution in [0.15, 0.2) is 23.4 Å². The Kier molecular flexibility index (Phi) is 6.93. The van der Waals surface area contributed by atoms with Crippen LogP contribution in [-0.4, -0.2) is 40.1 Å². The summed E-state index contributed by atoms with van der Waals surface area (Å²) in [5.74, 6) is -0.246. The van der Waals surface area contributed by atoms with E-state index in [1.807, 2.05) is 22.6 Å². The van der Waals surface area contributed by atoms with E-state index in [0.29, 0.717) is 33.2 Å². The summed E-state index contributed by atoms with van der Waals surface area (Å²) >= 11 is 3.31. The van der Waals surface area contributed by atoms with Gasteiger partial charge in [0.2, 0.25) is 0 Å². The fourth-order valence-electron chi connectivity index (χ4n) is 3.08. The molecule has 13 heteroatoms. The van der Waals surface area contributed by atoms with Gasteiger partial charge < -0.3 is 10.2 Å². The van der Waals surface area contributed by atoms with Crippen molar-refractivity contribution in [3.8, 4) is 0 Å². The number of hydrogen-bond acceptors (Lipinski definition) is 5. The summed E-state index contributed by atoms with van der Waals surface area (Å²) in [6.07, 6.45) is -8.14. The molecular weight excluding hydrogens is 561 g/mol. The van der Waals surface area contributed by atoms with Crippen molar-refractivity contribution in [3.05, 3.63) is 46.1 Å². The van der Waals surface area contributed by atoms with Crippen LogP contribution in [0.2, 0.25) is 0 Å². The first kappa shape index (κ1) is 23.9. The number of amides is 1. The second-order valence-electron chi connectivity index (χ2n) is 6.58. The third kappa shape index (κ3) is 5.35. The lowest BCUT2D eigenvalue weighted by Gasteiger charge is -2.22. The average molecular weight is 576 g/mol. The first-order chi connectivity index (χ1) is 14.4. The van der Waals surface area contributed by atoms with Crippen molar-refractivity contribution in [2.75, 3.05) is 24.7 Å². The number of nitrogens with one attached hydrogen (secondary N) is 1. The maximum atomic E-state index is 13.1. The molecule has 0 atom stereocenters. The maximum absolute atomic E-state index is 13.1. The van der Waals surface area contributed by atoms with Crippen molar-refractivity contribution in [1.29, 1.82) is 0 Å². The third-order valence-electron chi connectivity index (χ3n) is 4.47. The predicted molar refractivity (Wildman–Crippen MR) is 111 cm³/mol. The Morgan fingerprint density at radius 1 is 1.10 bits per heavy atom. The van der Waals surface area contributed by atoms with Gasteiger partial charge in [0.1, 0.15) is 11.4 Å². The summed E-state index contributed by atoms with van der Waals surface area (Å²) in [5.41, 5.74) is -2.48. The summed E-state index contributed by atoms with van der Waals surface area (Å²) in [4.78, 5) is 22.9. The Morgan fingerprint density at radius 2 is 1.71 bits per heavy atom. The lowest BCUT2D eigenvalue weighted by molar-refractivity contribution is -0.143. The molecule has 0 fully saturated rings. The highest BCUT2D eigenvalue weighted by molar-refractivity contribution is 14.1. The summed E-state index contributed by atoms with van der Waals surface area (Å²) in [6, 6.07) is 1.33. The number of benzene rings is 1. The van der Waals surface area contributed by atoms with E-state index in [1.165, 1.54) is 16.7 Å². The van der Waals surface area contributed by atoms with Crippen molar-refractivity contribution < 1.29 is 31.1 Å². The van der Waals surface area contributed by atoms with E-state index in [1.54, 1.807) is 6.26 Å². The summed E-state index contributed by atoms with van der Waals surface area (Å²) < 4.78 is 79.3. The van der Waals surface area contributed by atoms with Crippen LogP contribution < -0.4 is 5.32 Å². The zero-order valence-corrected chi connectivity index (χ0v) is 18.8. The molecule has 0 spiro atoms. The fourth-order valence-corrected chi connectivity index (χ4v) is 4.01. The second-order valence-corrected chi connectivity index (χ2v) is 8.12. The lowest BCUT2D eigenvalue weighted by Crippen LogP contribution is -2.32. The van der Waals surface area contributed by atoms with E-state index >= 15 is 0 Å². The summed E-state index contributed by atoms with van der Waals surface area (Å²) in [7, 11) is 0. The number of anilines is 1. The number of halogens is 7. The SMILES string of the molecule is CSc1nc(CI)c2c(n1)NCCN(Cc1cc(C(F)(F)F)cc(C(F)(F)F)c1)C2=O. The van der Waals surface area contributed by atoms with Gasteiger partial charge in [0.05, 0.1) is 16.8 Å². The molecule has 168 valence electrons. The van der Waals surface area contributed by atoms with Gasteiger partial charge in [0, 0.05) is 24.1 Å². The molecule has 0 radical (unpaired) electrons. The molecule has 3 rings (SSSR count). The standard InChI is InChI=1S/C18H15F6IN4OS/c1-31-16-27-12(7-25)13-14(28-16)26-2-3-29(15(13)30)8-9-4-10(17(19,20)21)6-11(5-9)18(22,23)24/h4-6H,2-3,7-8H2,1H3,(H,26,27,28). The fraction of sp³-hybridized carbons (Fsp3) is 0.389. The quantitative estimate of drug-likeness (QED) is 0.178. The molecule has 5 nitrogen and oxygen atoms in total. The normalized spacial score (nSPS) is 14.8. The smallest absolute Gasteiger partial charge is 0.367 e. The van der Waals surface area contributed by atoms with E-state index in [0.717, 1.165) is 0 Å². The molecule has 1 amide bonds. The topological polar surface area (TPSA) is 58.1 Å². The zero-order valence-electron chi connectivity index (χ0n) is 15.9. The Morgan fingerprint density at radius 3 is 2.23 bits per heavy atom. The number of alkyl halides is 7. The average Bonchev–Trinajstić information content (AvgIpc) is 2.84. The number of rotatable bonds is 4. The lowest BCUT2D eigenvalue weighted by atomic mass is 10.0. The van der Waals surface area contributed by atoms with Crippen LogP contribution in [0.4, 0.5) is 32.2 Å². The van der Waals surface area contributed by atoms with Crippen molar-refractivity contribution in [1.82, 2.24) is 14.9 Å². The van der Waals surface area contributed by atoms with E-state index in [-0.39, 0.29) is 30.3 Å². The number of fused-ring (bicyclic) bond motifs is 1. The molecule has 31 heavy (non-hydrogen) atoms. The highest BCUT2D eigenvalue weighted by Crippen LogP contribution is 2.37. The van der Waals surface area contributed by atoms with Gasteiger partial charge in [-0.3, -0.25) is 4.79 Å². The van der Waals surface area contributed by atoms with Crippen LogP contribution in [0.1, 0.15) is 32.7 Å². The molecule has 1 aliphatic heterocycles. The number of carbonyl (C=O) groups is 1. The minimum atomic E-state index is -4.95. The van der Waals surface area contributed by atoms with E-state index < -0.39 is 35.9 Å². The molecule has 2 heterocycles. The molecule has 0 aliphatic carbocycles. The van der Waals surface area contributed by atoms with Crippen LogP contribution in [-0.2, 0) is 23.3 Å². The van der Waals surface area contributed by atoms with Crippen molar-refractivity contribution in [2.24, 2.45) is 0 Å². The number of thioether (sulfide) groups is 1. The summed E-state index contributed by atoms with van der Waals surface area (Å²) in [6.45, 7) is -0.116. The van der Waals surface area contributed by atoms with Crippen LogP contribution in [0, 0.1) is 0 Å². The molecule has 1 aromatic heterocycles. The molecule has 2 aromatic rings. The number of nitrogens with zero attached hydrogens (tertiary/aromatic N) is 3. The number of aromatic nitrogens is 2. The molecule has 0 saturated heterocycles. The highest BCUT2D eigenvalue weighted by atomic mass is 127. The molecule has 1 aliphatic rings. The second kappa shape index (κ2) is 9.00. The Bertz CT molecular complexity index is 966. The van der Waals surface area contributed by atoms with Gasteiger partial charge in [-0.1, -0.05) is 34.4 Å². The van der Waals surface area contributed by atoms with E-state index in [9.17, 15) is 31.1 Å². The van der Waals surface area contributed by atoms with Gasteiger partial charge in [0.15, 0.2) is 5.16 Å². The van der Waals surface area contributed by atoms with Crippen LogP contribution >= 0.6 is 34.4 Å². The van der Waals surface area contributed by atoms with Gasteiger partial charge in [-0.2, -0.15) is 26.3 Å². The Balaban J connectivity index is 2.01. The van der Waals surface area contributed by atoms with Crippen LogP contribution in [0.5, 0.6) is 0 Å². The molecule has 1 aromatic carbocycles. The maximum Gasteiger partial charge on any atom is 0.416 e. The van der Waals surface area contributed by atoms with Crippen molar-refractivity contribution in [2.45, 2.75) is 28.5 Å². The van der Waals surface area contributed by atoms with Gasteiger partial charge in [-0.25, -0.2) is 9.97 Å². The molecule has 0 unspecified atom stereocenters. The first-order valence-corrected chi connectivity index (χ1v) is 11.5. The first-order valence-electron chi connectivity index (χ1n) is 8.76. The van der Waals surface area contributed by atoms with E-state index in [2.05, 4.69) is 15.3 Å². The van der Waals surface area contributed by atoms with E-state index in [4.69, 9.17) is 0 Å². The Labute approximate surface area is 191 Å². The number of hydrogen-bond donors (Lipinski definition) is 1. The molecule has 0 bridgehead atoms. The van der Waals surface area contributed by atoms with Crippen molar-refractivity contribution in [3.63, 3.8) is 0 Å². The monoisotopic (exact) mass is 576 g/mol. The van der Waals surface area contributed by atoms with Crippen LogP contribution in [0.3, 0.4) is 0 Å². The van der Waals surface area contributed by atoms with Gasteiger partial charge in [-0.05, 0) is 30.0 Å². The van der Waals surface area contributed by atoms with Gasteiger partial charge in [-0.15, -0.1) is 0 Å². The minimum absolute atomic E-state index is 0.0660. The summed E-state index contributed by atoms with van der Waals surface area (Å²) in [5, 5.41) is 3.45. The number of carbonyl (C=O) groups excluding carboxylic acids is 1. The molecular formula is C18H15F6IN4OS. The van der Waals surface area contributed by atoms with Crippen LogP contribution in [0.25, 0.3) is 0 Å². The molecule has 1 N–H and O–H groups in total.